The summed E-state index contributed by atoms with van der Waals surface area (Å²) in [5.74, 6) is 0.0259. The highest BCUT2D eigenvalue weighted by Crippen LogP contribution is 2.06. The average Bonchev–Trinajstić information content (AvgIpc) is 2.39. The first-order valence-electron chi connectivity index (χ1n) is 5.29. The van der Waals surface area contributed by atoms with Gasteiger partial charge in [0.05, 0.1) is 32.7 Å². The Morgan fingerprint density at radius 1 is 1.47 bits per heavy atom. The minimum atomic E-state index is -0.497. The number of hydrazine groups is 1. The van der Waals surface area contributed by atoms with Crippen LogP contribution in [0.15, 0.2) is 12.4 Å². The third-order valence-electron chi connectivity index (χ3n) is 2.31. The number of morpholine rings is 1. The van der Waals surface area contributed by atoms with E-state index < -0.39 is 5.97 Å². The van der Waals surface area contributed by atoms with Crippen LogP contribution in [-0.4, -0.2) is 54.4 Å². The zero-order valence-electron chi connectivity index (χ0n) is 9.55. The number of carbonyl (C=O) groups is 1. The van der Waals surface area contributed by atoms with Crippen molar-refractivity contribution in [2.45, 2.75) is 0 Å². The molecule has 1 aromatic rings. The van der Waals surface area contributed by atoms with E-state index in [9.17, 15) is 4.79 Å². The van der Waals surface area contributed by atoms with E-state index in [-0.39, 0.29) is 5.69 Å². The molecule has 1 aliphatic rings. The molecule has 1 N–H and O–H groups in total. The summed E-state index contributed by atoms with van der Waals surface area (Å²) in [5.41, 5.74) is 3.26. The van der Waals surface area contributed by atoms with Gasteiger partial charge >= 0.3 is 5.97 Å². The van der Waals surface area contributed by atoms with Crippen LogP contribution < -0.4 is 5.43 Å². The van der Waals surface area contributed by atoms with E-state index in [0.717, 1.165) is 13.1 Å². The molecule has 1 fully saturated rings. The summed E-state index contributed by atoms with van der Waals surface area (Å²) in [6, 6.07) is 0. The monoisotopic (exact) mass is 238 g/mol. The minimum absolute atomic E-state index is 0.186. The highest BCUT2D eigenvalue weighted by atomic mass is 16.5. The topological polar surface area (TPSA) is 76.6 Å². The second-order valence-electron chi connectivity index (χ2n) is 3.49. The lowest BCUT2D eigenvalue weighted by atomic mass is 10.4. The van der Waals surface area contributed by atoms with Crippen LogP contribution in [0.4, 0.5) is 5.82 Å². The van der Waals surface area contributed by atoms with Gasteiger partial charge in [-0.3, -0.25) is 4.98 Å². The molecule has 2 heterocycles. The van der Waals surface area contributed by atoms with E-state index in [1.165, 1.54) is 13.3 Å². The van der Waals surface area contributed by atoms with Crippen molar-refractivity contribution in [1.82, 2.24) is 15.0 Å². The lowest BCUT2D eigenvalue weighted by Crippen LogP contribution is -2.40. The second kappa shape index (κ2) is 5.55. The van der Waals surface area contributed by atoms with Gasteiger partial charge in [-0.2, -0.15) is 0 Å². The second-order valence-corrected chi connectivity index (χ2v) is 3.49. The Kier molecular flexibility index (Phi) is 3.84. The maximum Gasteiger partial charge on any atom is 0.358 e. The number of carbonyl (C=O) groups excluding carboxylic acids is 1. The Balaban J connectivity index is 2.02. The molecular weight excluding hydrogens is 224 g/mol. The smallest absolute Gasteiger partial charge is 0.358 e. The number of esters is 1. The summed E-state index contributed by atoms with van der Waals surface area (Å²) < 4.78 is 9.80. The van der Waals surface area contributed by atoms with Crippen LogP contribution in [-0.2, 0) is 9.47 Å². The van der Waals surface area contributed by atoms with Gasteiger partial charge < -0.3 is 14.9 Å². The molecule has 1 aliphatic heterocycles. The van der Waals surface area contributed by atoms with Gasteiger partial charge in [-0.05, 0) is 0 Å². The van der Waals surface area contributed by atoms with Crippen molar-refractivity contribution in [1.29, 1.82) is 0 Å². The fraction of sp³-hybridized carbons (Fsp3) is 0.500. The molecule has 7 nitrogen and oxygen atoms in total. The Hall–Kier alpha value is -1.73. The summed E-state index contributed by atoms with van der Waals surface area (Å²) >= 11 is 0. The summed E-state index contributed by atoms with van der Waals surface area (Å²) in [7, 11) is 1.31. The molecule has 92 valence electrons. The average molecular weight is 238 g/mol. The lowest BCUT2D eigenvalue weighted by Gasteiger charge is -2.27. The molecule has 0 spiro atoms. The van der Waals surface area contributed by atoms with Crippen molar-refractivity contribution in [3.63, 3.8) is 0 Å². The van der Waals surface area contributed by atoms with Crippen molar-refractivity contribution < 1.29 is 14.3 Å². The predicted molar refractivity (Wildman–Crippen MR) is 59.4 cm³/mol. The van der Waals surface area contributed by atoms with Crippen molar-refractivity contribution in [3.8, 4) is 0 Å². The Morgan fingerprint density at radius 2 is 2.24 bits per heavy atom. The van der Waals surface area contributed by atoms with Crippen LogP contribution in [0.25, 0.3) is 0 Å². The largest absolute Gasteiger partial charge is 0.464 e. The first kappa shape index (κ1) is 11.7. The Morgan fingerprint density at radius 3 is 2.94 bits per heavy atom. The Bertz CT molecular complexity index is 393. The molecule has 17 heavy (non-hydrogen) atoms. The van der Waals surface area contributed by atoms with Crippen molar-refractivity contribution in [2.75, 3.05) is 38.8 Å². The maximum atomic E-state index is 11.3. The van der Waals surface area contributed by atoms with Gasteiger partial charge in [-0.1, -0.05) is 0 Å². The van der Waals surface area contributed by atoms with Gasteiger partial charge in [0.15, 0.2) is 11.5 Å². The van der Waals surface area contributed by atoms with Crippen LogP contribution in [0.2, 0.25) is 0 Å². The zero-order chi connectivity index (χ0) is 12.1. The molecular formula is C10H14N4O3. The number of nitrogens with zero attached hydrogens (tertiary/aromatic N) is 3. The number of ether oxygens (including phenoxy) is 2. The third-order valence-corrected chi connectivity index (χ3v) is 2.31. The summed E-state index contributed by atoms with van der Waals surface area (Å²) in [4.78, 5) is 19.3. The molecule has 0 atom stereocenters. The van der Waals surface area contributed by atoms with Gasteiger partial charge in [0.1, 0.15) is 0 Å². The molecule has 1 saturated heterocycles. The summed E-state index contributed by atoms with van der Waals surface area (Å²) in [6.45, 7) is 2.89. The molecule has 1 aromatic heterocycles. The van der Waals surface area contributed by atoms with Crippen LogP contribution in [0.3, 0.4) is 0 Å². The van der Waals surface area contributed by atoms with E-state index in [2.05, 4.69) is 20.1 Å². The molecule has 0 bridgehead atoms. The number of rotatable bonds is 3. The van der Waals surface area contributed by atoms with Gasteiger partial charge in [-0.25, -0.2) is 14.8 Å². The number of aromatic nitrogens is 2. The van der Waals surface area contributed by atoms with Crippen LogP contribution >= 0.6 is 0 Å². The van der Waals surface area contributed by atoms with E-state index >= 15 is 0 Å². The number of hydrogen-bond donors (Lipinski definition) is 1. The molecule has 0 radical (unpaired) electrons. The van der Waals surface area contributed by atoms with Gasteiger partial charge in [0.25, 0.3) is 0 Å². The molecule has 0 amide bonds. The molecule has 7 heteroatoms. The van der Waals surface area contributed by atoms with E-state index in [0.29, 0.717) is 19.0 Å². The van der Waals surface area contributed by atoms with Crippen LogP contribution in [0.1, 0.15) is 10.5 Å². The molecule has 2 rings (SSSR count). The number of hydrogen-bond acceptors (Lipinski definition) is 7. The molecule has 0 aromatic carbocycles. The van der Waals surface area contributed by atoms with E-state index in [4.69, 9.17) is 4.74 Å². The van der Waals surface area contributed by atoms with Crippen LogP contribution in [0.5, 0.6) is 0 Å². The Labute approximate surface area is 98.7 Å². The van der Waals surface area contributed by atoms with Crippen LogP contribution in [0, 0.1) is 0 Å². The van der Waals surface area contributed by atoms with Gasteiger partial charge in [0.2, 0.25) is 0 Å². The quantitative estimate of drug-likeness (QED) is 0.738. The highest BCUT2D eigenvalue weighted by molar-refractivity contribution is 5.87. The summed E-state index contributed by atoms with van der Waals surface area (Å²) in [5, 5.41) is 1.97. The third kappa shape index (κ3) is 3.11. The van der Waals surface area contributed by atoms with Crippen molar-refractivity contribution in [2.24, 2.45) is 0 Å². The first-order valence-corrected chi connectivity index (χ1v) is 5.29. The lowest BCUT2D eigenvalue weighted by molar-refractivity contribution is 0.0493. The fourth-order valence-corrected chi connectivity index (χ4v) is 1.46. The minimum Gasteiger partial charge on any atom is -0.464 e. The molecule has 0 saturated carbocycles. The summed E-state index contributed by atoms with van der Waals surface area (Å²) in [6.07, 6.45) is 2.93. The van der Waals surface area contributed by atoms with Gasteiger partial charge in [0, 0.05) is 13.1 Å². The fourth-order valence-electron chi connectivity index (χ4n) is 1.46. The van der Waals surface area contributed by atoms with Crippen molar-refractivity contribution in [3.05, 3.63) is 18.1 Å². The molecule has 0 aliphatic carbocycles. The first-order chi connectivity index (χ1) is 8.29. The molecule has 0 unspecified atom stereocenters. The zero-order valence-corrected chi connectivity index (χ0v) is 9.55. The standard InChI is InChI=1S/C10H14N4O3/c1-16-10(15)8-6-11-7-9(12-8)13-14-2-4-17-5-3-14/h6-7H,2-5H2,1H3,(H,12,13). The predicted octanol–water partition coefficient (Wildman–Crippen LogP) is -0.0777. The number of methoxy groups -OCH3 is 1. The SMILES string of the molecule is COC(=O)c1cncc(NN2CCOCC2)n1. The van der Waals surface area contributed by atoms with Crippen molar-refractivity contribution >= 4 is 11.8 Å². The number of nitrogens with one attached hydrogen (secondary N) is 1. The highest BCUT2D eigenvalue weighted by Gasteiger charge is 2.12. The van der Waals surface area contributed by atoms with Gasteiger partial charge in [-0.15, -0.1) is 0 Å². The maximum absolute atomic E-state index is 11.3. The van der Waals surface area contributed by atoms with E-state index in [1.807, 2.05) is 5.01 Å². The normalized spacial score (nSPS) is 16.5. The number of anilines is 1. The van der Waals surface area contributed by atoms with E-state index in [1.54, 1.807) is 6.20 Å².